The molecule has 2 aromatic rings. The highest BCUT2D eigenvalue weighted by atomic mass is 16.8. The van der Waals surface area contributed by atoms with Gasteiger partial charge in [0.25, 0.3) is 0 Å². The molecular formula is C30H36N2O11. The lowest BCUT2D eigenvalue weighted by atomic mass is 9.94. The van der Waals surface area contributed by atoms with Gasteiger partial charge in [0.2, 0.25) is 12.2 Å². The molecule has 13 heteroatoms. The average molecular weight is 601 g/mol. The van der Waals surface area contributed by atoms with Crippen molar-refractivity contribution in [3.05, 3.63) is 65.7 Å². The molecule has 1 fully saturated rings. The number of carbonyl (C=O) groups is 4. The lowest BCUT2D eigenvalue weighted by Gasteiger charge is -2.38. The molecule has 232 valence electrons. The number of ether oxygens (including phenoxy) is 3. The number of fused-ring (bicyclic) bond motifs is 1. The van der Waals surface area contributed by atoms with E-state index in [4.69, 9.17) is 14.2 Å². The van der Waals surface area contributed by atoms with E-state index in [1.807, 2.05) is 30.3 Å². The third-order valence-electron chi connectivity index (χ3n) is 7.48. The van der Waals surface area contributed by atoms with Crippen LogP contribution in [-0.2, 0) is 46.2 Å². The summed E-state index contributed by atoms with van der Waals surface area (Å²) in [6.45, 7) is 1.19. The lowest BCUT2D eigenvalue weighted by Crippen LogP contribution is -2.58. The minimum atomic E-state index is -2.01. The van der Waals surface area contributed by atoms with Crippen LogP contribution in [0.3, 0.4) is 0 Å². The summed E-state index contributed by atoms with van der Waals surface area (Å²) in [5.41, 5.74) is 2.20. The van der Waals surface area contributed by atoms with Crippen molar-refractivity contribution < 1.29 is 53.8 Å². The third kappa shape index (κ3) is 7.75. The van der Waals surface area contributed by atoms with E-state index in [2.05, 4.69) is 5.32 Å². The third-order valence-corrected chi connectivity index (χ3v) is 7.48. The molecule has 2 aromatic carbocycles. The number of aliphatic hydroxyl groups is 3. The van der Waals surface area contributed by atoms with Crippen LogP contribution in [0, 0.1) is 5.92 Å². The van der Waals surface area contributed by atoms with Crippen LogP contribution in [0.1, 0.15) is 30.9 Å². The van der Waals surface area contributed by atoms with Crippen LogP contribution >= 0.6 is 0 Å². The van der Waals surface area contributed by atoms with Gasteiger partial charge in [-0.3, -0.25) is 29.4 Å². The van der Waals surface area contributed by atoms with E-state index in [9.17, 15) is 39.6 Å². The molecule has 43 heavy (non-hydrogen) atoms. The molecular weight excluding hydrogens is 564 g/mol. The number of amides is 1. The zero-order valence-electron chi connectivity index (χ0n) is 23.6. The minimum Gasteiger partial charge on any atom is -0.481 e. The largest absolute Gasteiger partial charge is 0.481 e. The van der Waals surface area contributed by atoms with Crippen molar-refractivity contribution in [3.63, 3.8) is 0 Å². The van der Waals surface area contributed by atoms with E-state index in [1.54, 1.807) is 31.2 Å². The van der Waals surface area contributed by atoms with Crippen LogP contribution in [0.5, 0.6) is 0 Å². The maximum Gasteiger partial charge on any atom is 0.328 e. The number of rotatable bonds is 11. The maximum atomic E-state index is 13.9. The molecule has 13 nitrogen and oxygen atoms in total. The van der Waals surface area contributed by atoms with Gasteiger partial charge in [0.15, 0.2) is 6.29 Å². The first-order valence-electron chi connectivity index (χ1n) is 14.1. The predicted molar refractivity (Wildman–Crippen MR) is 149 cm³/mol. The fourth-order valence-corrected chi connectivity index (χ4v) is 5.25. The van der Waals surface area contributed by atoms with E-state index in [0.717, 1.165) is 11.1 Å². The number of carbonyl (C=O) groups excluding carboxylic acids is 3. The summed E-state index contributed by atoms with van der Waals surface area (Å²) in [7, 11) is 0. The Kier molecular flexibility index (Phi) is 10.8. The molecule has 0 radical (unpaired) electrons. The molecule has 7 unspecified atom stereocenters. The second-order valence-electron chi connectivity index (χ2n) is 10.4. The fourth-order valence-electron chi connectivity index (χ4n) is 5.25. The number of nitrogens with one attached hydrogen (secondary N) is 1. The van der Waals surface area contributed by atoms with Gasteiger partial charge >= 0.3 is 17.9 Å². The van der Waals surface area contributed by atoms with Crippen molar-refractivity contribution in [1.29, 1.82) is 0 Å². The molecule has 5 N–H and O–H groups in total. The summed E-state index contributed by atoms with van der Waals surface area (Å²) in [4.78, 5) is 52.8. The lowest BCUT2D eigenvalue weighted by molar-refractivity contribution is -0.316. The first-order chi connectivity index (χ1) is 20.6. The van der Waals surface area contributed by atoms with E-state index in [1.165, 1.54) is 4.90 Å². The van der Waals surface area contributed by atoms with Gasteiger partial charge in [-0.15, -0.1) is 0 Å². The molecule has 2 aliphatic heterocycles. The normalized spacial score (nSPS) is 26.1. The number of esters is 2. The van der Waals surface area contributed by atoms with Crippen molar-refractivity contribution in [2.24, 2.45) is 5.92 Å². The van der Waals surface area contributed by atoms with Crippen molar-refractivity contribution in [2.45, 2.75) is 69.5 Å². The number of carboxylic acid groups (broad SMARTS) is 1. The molecule has 0 bridgehead atoms. The van der Waals surface area contributed by atoms with Crippen LogP contribution in [0.15, 0.2) is 54.6 Å². The Morgan fingerprint density at radius 1 is 1.05 bits per heavy atom. The zero-order chi connectivity index (χ0) is 31.1. The second-order valence-corrected chi connectivity index (χ2v) is 10.4. The number of aliphatic carboxylic acids is 1. The number of aryl methyl sites for hydroxylation is 2. The smallest absolute Gasteiger partial charge is 0.328 e. The number of hydrogen-bond donors (Lipinski definition) is 5. The van der Waals surface area contributed by atoms with Crippen LogP contribution in [0.4, 0.5) is 5.69 Å². The molecule has 0 aromatic heterocycles. The highest BCUT2D eigenvalue weighted by Crippen LogP contribution is 2.29. The first kappa shape index (κ1) is 32.0. The van der Waals surface area contributed by atoms with Crippen molar-refractivity contribution >= 4 is 29.5 Å². The van der Waals surface area contributed by atoms with E-state index >= 15 is 0 Å². The van der Waals surface area contributed by atoms with Crippen molar-refractivity contribution in [2.75, 3.05) is 18.1 Å². The van der Waals surface area contributed by atoms with Crippen LogP contribution in [0.2, 0.25) is 0 Å². The zero-order valence-corrected chi connectivity index (χ0v) is 23.6. The number of nitrogens with zero attached hydrogens (tertiary/aromatic N) is 1. The van der Waals surface area contributed by atoms with Gasteiger partial charge in [-0.2, -0.15) is 0 Å². The van der Waals surface area contributed by atoms with Gasteiger partial charge < -0.3 is 34.6 Å². The predicted octanol–water partition coefficient (Wildman–Crippen LogP) is 0.129. The maximum absolute atomic E-state index is 13.9. The Hall–Kier alpha value is -3.88. The number of aliphatic hydroxyl groups excluding tert-OH is 3. The average Bonchev–Trinajstić information content (AvgIpc) is 3.10. The van der Waals surface area contributed by atoms with E-state index in [-0.39, 0.29) is 6.61 Å². The summed E-state index contributed by atoms with van der Waals surface area (Å²) < 4.78 is 15.4. The summed E-state index contributed by atoms with van der Waals surface area (Å²) >= 11 is 0. The first-order valence-corrected chi connectivity index (χ1v) is 14.1. The van der Waals surface area contributed by atoms with Gasteiger partial charge in [0, 0.05) is 5.69 Å². The molecule has 1 saturated heterocycles. The summed E-state index contributed by atoms with van der Waals surface area (Å²) in [6.07, 6.45) is -6.20. The number of para-hydroxylation sites is 1. The molecule has 2 aliphatic rings. The standard InChI is InChI=1S/C30H36N2O11/c1-2-41-28(39)20(14-12-17-8-4-3-5-9-17)31-19-15-13-18-10-6-7-11-21(18)32(26(19)36)16-22(33)42-30-23(27(37)38)24(34)25(35)29(40)43-30/h3-11,19-20,23-25,29-31,34-35,40H,2,12-16H2,1H3,(H,37,38). The summed E-state index contributed by atoms with van der Waals surface area (Å²) in [5, 5.41) is 42.5. The van der Waals surface area contributed by atoms with Gasteiger partial charge in [-0.05, 0) is 49.8 Å². The number of anilines is 1. The summed E-state index contributed by atoms with van der Waals surface area (Å²) in [6, 6.07) is 14.8. The molecule has 2 heterocycles. The van der Waals surface area contributed by atoms with Gasteiger partial charge in [0.05, 0.1) is 12.6 Å². The quantitative estimate of drug-likeness (QED) is 0.219. The number of hydrogen-bond acceptors (Lipinski definition) is 11. The summed E-state index contributed by atoms with van der Waals surface area (Å²) in [5.74, 6) is -5.63. The number of carboxylic acids is 1. The Morgan fingerprint density at radius 2 is 1.74 bits per heavy atom. The van der Waals surface area contributed by atoms with Gasteiger partial charge in [-0.25, -0.2) is 0 Å². The second kappa shape index (κ2) is 14.5. The topological polar surface area (TPSA) is 192 Å². The minimum absolute atomic E-state index is 0.158. The molecule has 4 rings (SSSR count). The molecule has 0 aliphatic carbocycles. The molecule has 0 spiro atoms. The van der Waals surface area contributed by atoms with Gasteiger partial charge in [0.1, 0.15) is 30.7 Å². The Morgan fingerprint density at radius 3 is 2.44 bits per heavy atom. The Bertz CT molecular complexity index is 1290. The van der Waals surface area contributed by atoms with Crippen molar-refractivity contribution in [3.8, 4) is 0 Å². The SMILES string of the molecule is CCOC(=O)C(CCc1ccccc1)NC1CCc2ccccc2N(CC(=O)OC2OC(O)C(O)C(O)C2C(=O)O)C1=O. The Labute approximate surface area is 248 Å². The Balaban J connectivity index is 1.53. The highest BCUT2D eigenvalue weighted by molar-refractivity contribution is 6.02. The van der Waals surface area contributed by atoms with E-state index in [0.29, 0.717) is 31.4 Å². The molecule has 1 amide bonds. The highest BCUT2D eigenvalue weighted by Gasteiger charge is 2.50. The fraction of sp³-hybridized carbons (Fsp3) is 0.467. The van der Waals surface area contributed by atoms with E-state index < -0.39 is 73.1 Å². The van der Waals surface area contributed by atoms with Crippen LogP contribution in [-0.4, -0.2) is 94.3 Å². The van der Waals surface area contributed by atoms with Crippen molar-refractivity contribution in [1.82, 2.24) is 5.32 Å². The molecule has 0 saturated carbocycles. The van der Waals surface area contributed by atoms with Gasteiger partial charge in [-0.1, -0.05) is 48.5 Å². The number of benzene rings is 2. The monoisotopic (exact) mass is 600 g/mol. The molecule has 7 atom stereocenters. The van der Waals surface area contributed by atoms with Crippen LogP contribution < -0.4 is 10.2 Å². The van der Waals surface area contributed by atoms with Crippen LogP contribution in [0.25, 0.3) is 0 Å².